The standard InChI is InChI=1S/C10H17N3O.H2/c1-5-10-12-6-9(13(10)4)7-14-8(2)11-3;/h6,11H,2,5,7H2,1,3-4H3;1H. The first-order valence-electron chi connectivity index (χ1n) is 4.68. The highest BCUT2D eigenvalue weighted by Gasteiger charge is 2.04. The number of ether oxygens (including phenoxy) is 1. The Morgan fingerprint density at radius 2 is 2.50 bits per heavy atom. The first-order valence-corrected chi connectivity index (χ1v) is 4.68. The fourth-order valence-corrected chi connectivity index (χ4v) is 1.18. The first kappa shape index (κ1) is 10.6. The Morgan fingerprint density at radius 1 is 1.79 bits per heavy atom. The van der Waals surface area contributed by atoms with Gasteiger partial charge in [0.05, 0.1) is 11.9 Å². The van der Waals surface area contributed by atoms with E-state index in [9.17, 15) is 0 Å². The second-order valence-electron chi connectivity index (χ2n) is 3.04. The lowest BCUT2D eigenvalue weighted by Gasteiger charge is -2.08. The number of aryl methyl sites for hydroxylation is 1. The summed E-state index contributed by atoms with van der Waals surface area (Å²) in [5.74, 6) is 1.64. The van der Waals surface area contributed by atoms with Crippen LogP contribution in [0.2, 0.25) is 0 Å². The summed E-state index contributed by atoms with van der Waals surface area (Å²) >= 11 is 0. The van der Waals surface area contributed by atoms with Crippen molar-refractivity contribution in [2.75, 3.05) is 7.05 Å². The molecule has 0 saturated heterocycles. The van der Waals surface area contributed by atoms with E-state index in [1.54, 1.807) is 7.05 Å². The Morgan fingerprint density at radius 3 is 3.00 bits per heavy atom. The molecule has 0 aliphatic heterocycles. The van der Waals surface area contributed by atoms with Gasteiger partial charge in [0.15, 0.2) is 5.88 Å². The first-order chi connectivity index (χ1) is 6.69. The van der Waals surface area contributed by atoms with Crippen molar-refractivity contribution in [2.45, 2.75) is 20.0 Å². The molecule has 1 aromatic rings. The van der Waals surface area contributed by atoms with Crippen LogP contribution in [0.5, 0.6) is 0 Å². The van der Waals surface area contributed by atoms with Gasteiger partial charge in [-0.1, -0.05) is 6.92 Å². The van der Waals surface area contributed by atoms with E-state index in [4.69, 9.17) is 4.74 Å². The van der Waals surface area contributed by atoms with Crippen LogP contribution >= 0.6 is 0 Å². The molecule has 0 unspecified atom stereocenters. The lowest BCUT2D eigenvalue weighted by atomic mass is 10.4. The average molecular weight is 197 g/mol. The largest absolute Gasteiger partial charge is 0.473 e. The van der Waals surface area contributed by atoms with Crippen LogP contribution in [0.3, 0.4) is 0 Å². The third kappa shape index (κ3) is 2.28. The number of hydrogen-bond acceptors (Lipinski definition) is 3. The summed E-state index contributed by atoms with van der Waals surface area (Å²) in [6, 6.07) is 0. The molecule has 1 N–H and O–H groups in total. The quantitative estimate of drug-likeness (QED) is 0.726. The lowest BCUT2D eigenvalue weighted by molar-refractivity contribution is 0.178. The van der Waals surface area contributed by atoms with Gasteiger partial charge in [-0.3, -0.25) is 0 Å². The molecule has 0 radical (unpaired) electrons. The molecule has 0 spiro atoms. The van der Waals surface area contributed by atoms with E-state index in [-0.39, 0.29) is 1.43 Å². The zero-order valence-corrected chi connectivity index (χ0v) is 9.00. The van der Waals surface area contributed by atoms with Crippen LogP contribution in [0.4, 0.5) is 0 Å². The van der Waals surface area contributed by atoms with Gasteiger partial charge >= 0.3 is 0 Å². The zero-order valence-electron chi connectivity index (χ0n) is 9.00. The van der Waals surface area contributed by atoms with Crippen molar-refractivity contribution in [3.8, 4) is 0 Å². The highest BCUT2D eigenvalue weighted by Crippen LogP contribution is 2.06. The number of nitrogens with zero attached hydrogens (tertiary/aromatic N) is 2. The molecule has 0 atom stereocenters. The van der Waals surface area contributed by atoms with Gasteiger partial charge in [-0.05, 0) is 6.58 Å². The van der Waals surface area contributed by atoms with Crippen LogP contribution in [-0.4, -0.2) is 16.6 Å². The summed E-state index contributed by atoms with van der Waals surface area (Å²) < 4.78 is 7.39. The van der Waals surface area contributed by atoms with E-state index in [2.05, 4.69) is 23.8 Å². The maximum absolute atomic E-state index is 5.35. The number of hydrogen-bond donors (Lipinski definition) is 1. The summed E-state index contributed by atoms with van der Waals surface area (Å²) in [4.78, 5) is 4.27. The van der Waals surface area contributed by atoms with Crippen molar-refractivity contribution in [2.24, 2.45) is 7.05 Å². The normalized spacial score (nSPS) is 9.93. The molecule has 4 heteroatoms. The van der Waals surface area contributed by atoms with E-state index in [0.717, 1.165) is 17.9 Å². The van der Waals surface area contributed by atoms with Crippen molar-refractivity contribution >= 4 is 0 Å². The minimum atomic E-state index is 0. The number of imidazole rings is 1. The third-order valence-corrected chi connectivity index (χ3v) is 2.17. The summed E-state index contributed by atoms with van der Waals surface area (Å²) in [5.41, 5.74) is 1.05. The van der Waals surface area contributed by atoms with Crippen LogP contribution in [-0.2, 0) is 24.8 Å². The molecular formula is C10H19N3O. The summed E-state index contributed by atoms with van der Waals surface area (Å²) in [7, 11) is 3.77. The molecule has 0 bridgehead atoms. The van der Waals surface area contributed by atoms with Gasteiger partial charge in [0.2, 0.25) is 0 Å². The van der Waals surface area contributed by atoms with E-state index in [0.29, 0.717) is 12.5 Å². The molecular weight excluding hydrogens is 178 g/mol. The monoisotopic (exact) mass is 197 g/mol. The van der Waals surface area contributed by atoms with Crippen molar-refractivity contribution in [1.29, 1.82) is 0 Å². The lowest BCUT2D eigenvalue weighted by Crippen LogP contribution is -2.09. The number of aromatic nitrogens is 2. The van der Waals surface area contributed by atoms with Gasteiger partial charge in [0.25, 0.3) is 0 Å². The Kier molecular flexibility index (Phi) is 3.56. The summed E-state index contributed by atoms with van der Waals surface area (Å²) in [5, 5.41) is 2.83. The SMILES string of the molecule is C=C(NC)OCc1cnc(CC)n1C.[HH]. The molecule has 80 valence electrons. The minimum absolute atomic E-state index is 0. The maximum atomic E-state index is 5.35. The van der Waals surface area contributed by atoms with Gasteiger partial charge in [-0.15, -0.1) is 0 Å². The van der Waals surface area contributed by atoms with Gasteiger partial charge in [0, 0.05) is 21.9 Å². The highest BCUT2D eigenvalue weighted by atomic mass is 16.5. The van der Waals surface area contributed by atoms with Crippen molar-refractivity contribution in [3.05, 3.63) is 30.2 Å². The van der Waals surface area contributed by atoms with Gasteiger partial charge in [0.1, 0.15) is 12.4 Å². The third-order valence-electron chi connectivity index (χ3n) is 2.17. The molecule has 4 nitrogen and oxygen atoms in total. The molecule has 0 fully saturated rings. The van der Waals surface area contributed by atoms with E-state index in [1.165, 1.54) is 0 Å². The second-order valence-corrected chi connectivity index (χ2v) is 3.04. The van der Waals surface area contributed by atoms with Gasteiger partial charge in [-0.2, -0.15) is 0 Å². The zero-order chi connectivity index (χ0) is 10.6. The van der Waals surface area contributed by atoms with Crippen LogP contribution in [0, 0.1) is 0 Å². The Balaban J connectivity index is 0.00000196. The molecule has 1 heterocycles. The predicted molar refractivity (Wildman–Crippen MR) is 57.7 cm³/mol. The number of nitrogens with one attached hydrogen (secondary N) is 1. The smallest absolute Gasteiger partial charge is 0.179 e. The van der Waals surface area contributed by atoms with Crippen LogP contribution in [0.1, 0.15) is 19.9 Å². The van der Waals surface area contributed by atoms with Crippen molar-refractivity contribution < 1.29 is 6.16 Å². The van der Waals surface area contributed by atoms with E-state index in [1.807, 2.05) is 17.8 Å². The molecule has 0 saturated carbocycles. The minimum Gasteiger partial charge on any atom is -0.473 e. The highest BCUT2D eigenvalue weighted by molar-refractivity contribution is 5.04. The Bertz CT molecular complexity index is 322. The van der Waals surface area contributed by atoms with Gasteiger partial charge < -0.3 is 14.6 Å². The molecule has 1 aromatic heterocycles. The fraction of sp³-hybridized carbons (Fsp3) is 0.500. The van der Waals surface area contributed by atoms with E-state index < -0.39 is 0 Å². The summed E-state index contributed by atoms with van der Waals surface area (Å²) in [6.07, 6.45) is 2.77. The maximum Gasteiger partial charge on any atom is 0.179 e. The molecule has 0 aliphatic rings. The van der Waals surface area contributed by atoms with Crippen LogP contribution in [0.25, 0.3) is 0 Å². The molecule has 1 rings (SSSR count). The molecule has 0 aromatic carbocycles. The Labute approximate surface area is 86.1 Å². The van der Waals surface area contributed by atoms with Crippen LogP contribution in [0.15, 0.2) is 18.7 Å². The summed E-state index contributed by atoms with van der Waals surface area (Å²) in [6.45, 7) is 6.27. The topological polar surface area (TPSA) is 39.1 Å². The van der Waals surface area contributed by atoms with Crippen molar-refractivity contribution in [3.63, 3.8) is 0 Å². The number of rotatable bonds is 5. The second kappa shape index (κ2) is 4.69. The Hall–Kier alpha value is -1.45. The van der Waals surface area contributed by atoms with Crippen LogP contribution < -0.4 is 5.32 Å². The van der Waals surface area contributed by atoms with Crippen molar-refractivity contribution in [1.82, 2.24) is 14.9 Å². The molecule has 14 heavy (non-hydrogen) atoms. The van der Waals surface area contributed by atoms with Gasteiger partial charge in [-0.25, -0.2) is 4.98 Å². The molecule has 0 amide bonds. The predicted octanol–water partition coefficient (Wildman–Crippen LogP) is 1.44. The fourth-order valence-electron chi connectivity index (χ4n) is 1.18. The average Bonchev–Trinajstić information content (AvgIpc) is 2.56. The molecule has 0 aliphatic carbocycles. The van der Waals surface area contributed by atoms with E-state index >= 15 is 0 Å².